The third-order valence-electron chi connectivity index (χ3n) is 5.48. The largest absolute Gasteiger partial charge is 0.494 e. The molecular weight excluding hydrogens is 320 g/mol. The Morgan fingerprint density at radius 3 is 2.95 bits per heavy atom. The number of hydrogen-bond acceptors (Lipinski definition) is 5. The number of piperidine rings is 1. The second kappa shape index (κ2) is 5.47. The molecule has 0 unspecified atom stereocenters. The molecular formula is C15H22N2O3S2. The zero-order chi connectivity index (χ0) is 15.3. The van der Waals surface area contributed by atoms with Crippen molar-refractivity contribution in [3.8, 4) is 5.75 Å². The molecule has 1 aromatic heterocycles. The van der Waals surface area contributed by atoms with E-state index in [2.05, 4.69) is 4.90 Å². The molecule has 0 radical (unpaired) electrons. The summed E-state index contributed by atoms with van der Waals surface area (Å²) in [6.07, 6.45) is 3.82. The van der Waals surface area contributed by atoms with Crippen molar-refractivity contribution in [2.75, 3.05) is 33.3 Å². The third-order valence-corrected chi connectivity index (χ3v) is 8.73. The topological polar surface area (TPSA) is 49.9 Å². The average Bonchev–Trinajstić information content (AvgIpc) is 3.20. The van der Waals surface area contributed by atoms with Crippen LogP contribution in [0, 0.1) is 11.8 Å². The average molecular weight is 342 g/mol. The van der Waals surface area contributed by atoms with E-state index in [-0.39, 0.29) is 0 Å². The monoisotopic (exact) mass is 342 g/mol. The van der Waals surface area contributed by atoms with Crippen LogP contribution in [0.5, 0.6) is 5.75 Å². The van der Waals surface area contributed by atoms with Gasteiger partial charge in [0.05, 0.1) is 7.11 Å². The van der Waals surface area contributed by atoms with Crippen molar-refractivity contribution < 1.29 is 13.2 Å². The molecule has 0 N–H and O–H groups in total. The maximum Gasteiger partial charge on any atom is 0.256 e. The van der Waals surface area contributed by atoms with Crippen LogP contribution in [0.1, 0.15) is 19.3 Å². The van der Waals surface area contributed by atoms with Crippen molar-refractivity contribution in [3.63, 3.8) is 0 Å². The second-order valence-electron chi connectivity index (χ2n) is 6.58. The van der Waals surface area contributed by atoms with Gasteiger partial charge in [-0.25, -0.2) is 8.42 Å². The molecule has 4 rings (SSSR count). The van der Waals surface area contributed by atoms with E-state index in [1.807, 2.05) is 0 Å². The summed E-state index contributed by atoms with van der Waals surface area (Å²) in [7, 11) is -1.88. The predicted octanol–water partition coefficient (Wildman–Crippen LogP) is 1.86. The van der Waals surface area contributed by atoms with E-state index in [4.69, 9.17) is 4.74 Å². The molecule has 3 saturated heterocycles. The highest BCUT2D eigenvalue weighted by atomic mass is 32.2. The van der Waals surface area contributed by atoms with E-state index in [9.17, 15) is 8.42 Å². The maximum atomic E-state index is 12.9. The molecule has 0 aromatic carbocycles. The Kier molecular flexibility index (Phi) is 3.71. The molecule has 22 heavy (non-hydrogen) atoms. The third kappa shape index (κ3) is 2.21. The fourth-order valence-electron chi connectivity index (χ4n) is 4.45. The summed E-state index contributed by atoms with van der Waals surface area (Å²) in [6.45, 7) is 3.61. The van der Waals surface area contributed by atoms with Crippen LogP contribution in [0.3, 0.4) is 0 Å². The lowest BCUT2D eigenvalue weighted by Gasteiger charge is -2.33. The number of fused-ring (bicyclic) bond motifs is 3. The van der Waals surface area contributed by atoms with Gasteiger partial charge in [0.1, 0.15) is 5.75 Å². The second-order valence-corrected chi connectivity index (χ2v) is 9.63. The van der Waals surface area contributed by atoms with E-state index in [0.29, 0.717) is 40.9 Å². The van der Waals surface area contributed by atoms with E-state index in [0.717, 1.165) is 6.54 Å². The number of sulfonamides is 1. The summed E-state index contributed by atoms with van der Waals surface area (Å²) in [5.41, 5.74) is 0. The van der Waals surface area contributed by atoms with Crippen molar-refractivity contribution in [2.45, 2.75) is 29.5 Å². The van der Waals surface area contributed by atoms with E-state index < -0.39 is 10.0 Å². The van der Waals surface area contributed by atoms with E-state index in [1.165, 1.54) is 44.3 Å². The van der Waals surface area contributed by atoms with E-state index in [1.54, 1.807) is 15.8 Å². The highest BCUT2D eigenvalue weighted by Crippen LogP contribution is 2.43. The van der Waals surface area contributed by atoms with Crippen molar-refractivity contribution in [1.82, 2.24) is 9.21 Å². The van der Waals surface area contributed by atoms with Crippen molar-refractivity contribution in [2.24, 2.45) is 11.8 Å². The summed E-state index contributed by atoms with van der Waals surface area (Å²) < 4.78 is 33.1. The van der Waals surface area contributed by atoms with Gasteiger partial charge in [-0.2, -0.15) is 4.31 Å². The summed E-state index contributed by atoms with van der Waals surface area (Å²) in [4.78, 5) is 2.59. The van der Waals surface area contributed by atoms with Gasteiger partial charge in [-0.3, -0.25) is 4.90 Å². The molecule has 0 spiro atoms. The zero-order valence-corrected chi connectivity index (χ0v) is 14.4. The van der Waals surface area contributed by atoms with Gasteiger partial charge >= 0.3 is 0 Å². The minimum Gasteiger partial charge on any atom is -0.494 e. The molecule has 3 atom stereocenters. The number of hydrogen-bond donors (Lipinski definition) is 0. The van der Waals surface area contributed by atoms with Crippen molar-refractivity contribution in [1.29, 1.82) is 0 Å². The molecule has 0 aliphatic carbocycles. The SMILES string of the molecule is COc1ccsc1S(=O)(=O)N1C[C@@H]2CN3CCCC[C@H]3[C@@H]2C1. The summed E-state index contributed by atoms with van der Waals surface area (Å²) in [6, 6.07) is 2.33. The van der Waals surface area contributed by atoms with Crippen LogP contribution in [0.25, 0.3) is 0 Å². The van der Waals surface area contributed by atoms with Crippen LogP contribution < -0.4 is 4.74 Å². The Hall–Kier alpha value is -0.630. The highest BCUT2D eigenvalue weighted by molar-refractivity contribution is 7.91. The number of ether oxygens (including phenoxy) is 1. The number of nitrogens with zero attached hydrogens (tertiary/aromatic N) is 2. The van der Waals surface area contributed by atoms with Gasteiger partial charge < -0.3 is 4.74 Å². The molecule has 7 heteroatoms. The molecule has 0 bridgehead atoms. The summed E-state index contributed by atoms with van der Waals surface area (Å²) in [5.74, 6) is 1.49. The first-order chi connectivity index (χ1) is 10.6. The Morgan fingerprint density at radius 1 is 1.27 bits per heavy atom. The van der Waals surface area contributed by atoms with Crippen LogP contribution in [-0.2, 0) is 10.0 Å². The smallest absolute Gasteiger partial charge is 0.256 e. The molecule has 0 saturated carbocycles. The first-order valence-electron chi connectivity index (χ1n) is 7.97. The minimum absolute atomic E-state index is 0.357. The lowest BCUT2D eigenvalue weighted by Crippen LogP contribution is -2.40. The van der Waals surface area contributed by atoms with Crippen molar-refractivity contribution in [3.05, 3.63) is 11.4 Å². The van der Waals surface area contributed by atoms with Gasteiger partial charge in [-0.1, -0.05) is 6.42 Å². The first-order valence-corrected chi connectivity index (χ1v) is 10.3. The molecule has 3 aliphatic heterocycles. The number of rotatable bonds is 3. The van der Waals surface area contributed by atoms with Crippen molar-refractivity contribution >= 4 is 21.4 Å². The maximum absolute atomic E-state index is 12.9. The fourth-order valence-corrected chi connectivity index (χ4v) is 7.40. The molecule has 3 fully saturated rings. The van der Waals surface area contributed by atoms with Gasteiger partial charge in [-0.05, 0) is 42.7 Å². The Labute approximate surface area is 135 Å². The van der Waals surface area contributed by atoms with Crippen LogP contribution in [0.15, 0.2) is 15.7 Å². The standard InChI is InChI=1S/C15H22N2O3S2/c1-20-14-5-7-21-15(14)22(18,19)17-9-11-8-16-6-3-2-4-13(16)12(11)10-17/h5,7,11-13H,2-4,6,8-10H2,1H3/t11-,12+,13-/m0/s1. The van der Waals surface area contributed by atoms with Gasteiger partial charge in [0.2, 0.25) is 0 Å². The lowest BCUT2D eigenvalue weighted by atomic mass is 9.90. The predicted molar refractivity (Wildman–Crippen MR) is 85.8 cm³/mol. The first kappa shape index (κ1) is 14.9. The van der Waals surface area contributed by atoms with Crippen LogP contribution in [0.2, 0.25) is 0 Å². The molecule has 0 amide bonds. The van der Waals surface area contributed by atoms with Crippen LogP contribution in [0.4, 0.5) is 0 Å². The molecule has 5 nitrogen and oxygen atoms in total. The molecule has 3 aliphatic rings. The van der Waals surface area contributed by atoms with Gasteiger partial charge in [0.25, 0.3) is 10.0 Å². The van der Waals surface area contributed by atoms with Crippen LogP contribution in [-0.4, -0.2) is 57.0 Å². The fraction of sp³-hybridized carbons (Fsp3) is 0.733. The Balaban J connectivity index is 1.56. The lowest BCUT2D eigenvalue weighted by molar-refractivity contribution is 0.165. The summed E-state index contributed by atoms with van der Waals surface area (Å²) >= 11 is 1.25. The Morgan fingerprint density at radius 2 is 2.14 bits per heavy atom. The highest BCUT2D eigenvalue weighted by Gasteiger charge is 2.50. The molecule has 1 aromatic rings. The minimum atomic E-state index is -3.41. The molecule has 122 valence electrons. The zero-order valence-electron chi connectivity index (χ0n) is 12.8. The number of methoxy groups -OCH3 is 1. The Bertz CT molecular complexity index is 657. The van der Waals surface area contributed by atoms with Gasteiger partial charge in [0, 0.05) is 25.7 Å². The van der Waals surface area contributed by atoms with Crippen LogP contribution >= 0.6 is 11.3 Å². The summed E-state index contributed by atoms with van der Waals surface area (Å²) in [5, 5.41) is 1.78. The van der Waals surface area contributed by atoms with Gasteiger partial charge in [-0.15, -0.1) is 11.3 Å². The normalized spacial score (nSPS) is 32.9. The quantitative estimate of drug-likeness (QED) is 0.841. The van der Waals surface area contributed by atoms with Gasteiger partial charge in [0.15, 0.2) is 4.21 Å². The van der Waals surface area contributed by atoms with E-state index >= 15 is 0 Å². The number of thiophene rings is 1. The molecule has 4 heterocycles.